The number of urea groups is 1. The van der Waals surface area contributed by atoms with E-state index >= 15 is 0 Å². The monoisotopic (exact) mass is 298 g/mol. The fourth-order valence-corrected chi connectivity index (χ4v) is 2.00. The molecule has 2 N–H and O–H groups in total. The number of anilines is 2. The Bertz CT molecular complexity index is 711. The van der Waals surface area contributed by atoms with Gasteiger partial charge in [-0.25, -0.2) is 9.59 Å². The van der Waals surface area contributed by atoms with Crippen molar-refractivity contribution in [2.75, 3.05) is 17.7 Å². The molecular weight excluding hydrogens is 280 g/mol. The van der Waals surface area contributed by atoms with E-state index in [2.05, 4.69) is 15.4 Å². The summed E-state index contributed by atoms with van der Waals surface area (Å²) in [4.78, 5) is 23.5. The van der Waals surface area contributed by atoms with Crippen molar-refractivity contribution in [3.8, 4) is 0 Å². The SMILES string of the molecule is COC(=O)c1cccc(NC(=O)Nc2cc(C)ccc2C)c1. The summed E-state index contributed by atoms with van der Waals surface area (Å²) in [5, 5.41) is 5.49. The zero-order chi connectivity index (χ0) is 16.1. The molecule has 2 aromatic carbocycles. The molecule has 0 radical (unpaired) electrons. The summed E-state index contributed by atoms with van der Waals surface area (Å²) in [6, 6.07) is 12.0. The maximum absolute atomic E-state index is 12.1. The number of hydrogen-bond donors (Lipinski definition) is 2. The van der Waals surface area contributed by atoms with Crippen LogP contribution in [-0.2, 0) is 4.74 Å². The summed E-state index contributed by atoms with van der Waals surface area (Å²) < 4.78 is 4.65. The van der Waals surface area contributed by atoms with Crippen LogP contribution >= 0.6 is 0 Å². The summed E-state index contributed by atoms with van der Waals surface area (Å²) in [5.74, 6) is -0.446. The lowest BCUT2D eigenvalue weighted by Gasteiger charge is -2.11. The number of carbonyl (C=O) groups excluding carboxylic acids is 2. The van der Waals surface area contributed by atoms with E-state index in [9.17, 15) is 9.59 Å². The van der Waals surface area contributed by atoms with Gasteiger partial charge in [-0.3, -0.25) is 0 Å². The number of rotatable bonds is 3. The van der Waals surface area contributed by atoms with Gasteiger partial charge in [0.15, 0.2) is 0 Å². The zero-order valence-electron chi connectivity index (χ0n) is 12.8. The highest BCUT2D eigenvalue weighted by atomic mass is 16.5. The fourth-order valence-electron chi connectivity index (χ4n) is 2.00. The molecule has 0 aliphatic heterocycles. The average molecular weight is 298 g/mol. The van der Waals surface area contributed by atoms with Crippen molar-refractivity contribution in [2.45, 2.75) is 13.8 Å². The van der Waals surface area contributed by atoms with Gasteiger partial charge in [0, 0.05) is 11.4 Å². The molecular formula is C17H18N2O3. The highest BCUT2D eigenvalue weighted by molar-refractivity contribution is 6.01. The van der Waals surface area contributed by atoms with Gasteiger partial charge < -0.3 is 15.4 Å². The van der Waals surface area contributed by atoms with Gasteiger partial charge in [-0.1, -0.05) is 18.2 Å². The van der Waals surface area contributed by atoms with Crippen LogP contribution in [0.3, 0.4) is 0 Å². The number of nitrogens with one attached hydrogen (secondary N) is 2. The van der Waals surface area contributed by atoms with Crippen molar-refractivity contribution >= 4 is 23.4 Å². The van der Waals surface area contributed by atoms with Gasteiger partial charge in [-0.05, 0) is 49.2 Å². The highest BCUT2D eigenvalue weighted by Crippen LogP contribution is 2.17. The Morgan fingerprint density at radius 3 is 2.50 bits per heavy atom. The molecule has 0 aliphatic carbocycles. The Kier molecular flexibility index (Phi) is 4.78. The molecule has 0 atom stereocenters. The second kappa shape index (κ2) is 6.76. The predicted molar refractivity (Wildman–Crippen MR) is 86.3 cm³/mol. The van der Waals surface area contributed by atoms with Crippen molar-refractivity contribution in [2.24, 2.45) is 0 Å². The third kappa shape index (κ3) is 3.85. The van der Waals surface area contributed by atoms with Gasteiger partial charge in [-0.2, -0.15) is 0 Å². The van der Waals surface area contributed by atoms with E-state index in [0.717, 1.165) is 16.8 Å². The van der Waals surface area contributed by atoms with Crippen LogP contribution in [0.25, 0.3) is 0 Å². The summed E-state index contributed by atoms with van der Waals surface area (Å²) in [7, 11) is 1.32. The number of carbonyl (C=O) groups is 2. The van der Waals surface area contributed by atoms with Crippen LogP contribution in [0.2, 0.25) is 0 Å². The number of aryl methyl sites for hydroxylation is 2. The molecule has 2 amide bonds. The van der Waals surface area contributed by atoms with Crippen molar-refractivity contribution in [3.63, 3.8) is 0 Å². The Morgan fingerprint density at radius 2 is 1.77 bits per heavy atom. The minimum absolute atomic E-state index is 0.365. The van der Waals surface area contributed by atoms with Gasteiger partial charge >= 0.3 is 12.0 Å². The third-order valence-corrected chi connectivity index (χ3v) is 3.18. The van der Waals surface area contributed by atoms with Gasteiger partial charge in [0.1, 0.15) is 0 Å². The smallest absolute Gasteiger partial charge is 0.337 e. The van der Waals surface area contributed by atoms with Crippen molar-refractivity contribution < 1.29 is 14.3 Å². The average Bonchev–Trinajstić information content (AvgIpc) is 2.50. The number of ether oxygens (including phenoxy) is 1. The Morgan fingerprint density at radius 1 is 1.00 bits per heavy atom. The van der Waals surface area contributed by atoms with Crippen molar-refractivity contribution in [3.05, 3.63) is 59.2 Å². The van der Waals surface area contributed by atoms with Crippen LogP contribution in [0.1, 0.15) is 21.5 Å². The molecule has 0 fully saturated rings. The zero-order valence-corrected chi connectivity index (χ0v) is 12.8. The lowest BCUT2D eigenvalue weighted by Crippen LogP contribution is -2.20. The van der Waals surface area contributed by atoms with Crippen molar-refractivity contribution in [1.82, 2.24) is 0 Å². The number of benzene rings is 2. The van der Waals surface area contributed by atoms with E-state index < -0.39 is 5.97 Å². The molecule has 5 heteroatoms. The lowest BCUT2D eigenvalue weighted by atomic mass is 10.1. The van der Waals surface area contributed by atoms with Crippen LogP contribution in [-0.4, -0.2) is 19.1 Å². The van der Waals surface area contributed by atoms with Crippen LogP contribution in [0.4, 0.5) is 16.2 Å². The highest BCUT2D eigenvalue weighted by Gasteiger charge is 2.08. The Hall–Kier alpha value is -2.82. The van der Waals surface area contributed by atoms with Crippen LogP contribution in [0, 0.1) is 13.8 Å². The molecule has 0 aliphatic rings. The summed E-state index contributed by atoms with van der Waals surface area (Å²) in [5.41, 5.74) is 3.69. The van der Waals surface area contributed by atoms with E-state index in [1.54, 1.807) is 24.3 Å². The molecule has 0 unspecified atom stereocenters. The molecule has 0 aromatic heterocycles. The van der Waals surface area contributed by atoms with E-state index in [-0.39, 0.29) is 6.03 Å². The topological polar surface area (TPSA) is 67.4 Å². The first kappa shape index (κ1) is 15.6. The van der Waals surface area contributed by atoms with E-state index in [1.807, 2.05) is 32.0 Å². The maximum atomic E-state index is 12.1. The molecule has 0 heterocycles. The largest absolute Gasteiger partial charge is 0.465 e. The first-order valence-electron chi connectivity index (χ1n) is 6.83. The Labute approximate surface area is 129 Å². The van der Waals surface area contributed by atoms with E-state index in [4.69, 9.17) is 0 Å². The number of amides is 2. The van der Waals surface area contributed by atoms with Gasteiger partial charge in [0.2, 0.25) is 0 Å². The third-order valence-electron chi connectivity index (χ3n) is 3.18. The van der Waals surface area contributed by atoms with Gasteiger partial charge in [0.25, 0.3) is 0 Å². The molecule has 0 saturated heterocycles. The van der Waals surface area contributed by atoms with Crippen molar-refractivity contribution in [1.29, 1.82) is 0 Å². The molecule has 0 saturated carbocycles. The second-order valence-electron chi connectivity index (χ2n) is 4.97. The molecule has 2 rings (SSSR count). The van der Waals surface area contributed by atoms with E-state index in [1.165, 1.54) is 7.11 Å². The normalized spacial score (nSPS) is 9.95. The van der Waals surface area contributed by atoms with E-state index in [0.29, 0.717) is 11.3 Å². The minimum atomic E-state index is -0.446. The molecule has 22 heavy (non-hydrogen) atoms. The Balaban J connectivity index is 2.09. The quantitative estimate of drug-likeness (QED) is 0.848. The molecule has 114 valence electrons. The van der Waals surface area contributed by atoms with Crippen LogP contribution < -0.4 is 10.6 Å². The first-order chi connectivity index (χ1) is 10.5. The van der Waals surface area contributed by atoms with Crippen LogP contribution in [0.5, 0.6) is 0 Å². The molecule has 0 spiro atoms. The first-order valence-corrected chi connectivity index (χ1v) is 6.83. The summed E-state index contributed by atoms with van der Waals surface area (Å²) in [6.07, 6.45) is 0. The molecule has 2 aromatic rings. The lowest BCUT2D eigenvalue weighted by molar-refractivity contribution is 0.0600. The van der Waals surface area contributed by atoms with Gasteiger partial charge in [-0.15, -0.1) is 0 Å². The fraction of sp³-hybridized carbons (Fsp3) is 0.176. The second-order valence-corrected chi connectivity index (χ2v) is 4.97. The summed E-state index contributed by atoms with van der Waals surface area (Å²) >= 11 is 0. The number of methoxy groups -OCH3 is 1. The van der Waals surface area contributed by atoms with Crippen LogP contribution in [0.15, 0.2) is 42.5 Å². The minimum Gasteiger partial charge on any atom is -0.465 e. The molecule has 5 nitrogen and oxygen atoms in total. The molecule has 0 bridgehead atoms. The number of esters is 1. The standard InChI is InChI=1S/C17H18N2O3/c1-11-7-8-12(2)15(9-11)19-17(21)18-14-6-4-5-13(10-14)16(20)22-3/h4-10H,1-3H3,(H2,18,19,21). The summed E-state index contributed by atoms with van der Waals surface area (Å²) in [6.45, 7) is 3.88. The maximum Gasteiger partial charge on any atom is 0.337 e. The number of hydrogen-bond acceptors (Lipinski definition) is 3. The predicted octanol–water partition coefficient (Wildman–Crippen LogP) is 3.73. The van der Waals surface area contributed by atoms with Gasteiger partial charge in [0.05, 0.1) is 12.7 Å².